The molecular weight excluding hydrogens is 407 g/mol. The van der Waals surface area contributed by atoms with Gasteiger partial charge >= 0.3 is 5.97 Å². The largest absolute Gasteiger partial charge is 0.481 e. The van der Waals surface area contributed by atoms with Crippen LogP contribution in [0.1, 0.15) is 42.0 Å². The van der Waals surface area contributed by atoms with E-state index in [2.05, 4.69) is 0 Å². The Labute approximate surface area is 170 Å². The summed E-state index contributed by atoms with van der Waals surface area (Å²) >= 11 is 12.3. The number of carboxylic acid groups (broad SMARTS) is 1. The summed E-state index contributed by atoms with van der Waals surface area (Å²) in [5, 5.41) is 10.8. The van der Waals surface area contributed by atoms with Crippen LogP contribution in [0.15, 0.2) is 30.3 Å². The van der Waals surface area contributed by atoms with Gasteiger partial charge in [-0.05, 0) is 48.6 Å². The molecule has 1 unspecified atom stereocenters. The van der Waals surface area contributed by atoms with Crippen molar-refractivity contribution in [2.24, 2.45) is 0 Å². The molecule has 0 amide bonds. The third kappa shape index (κ3) is 3.38. The number of benzene rings is 2. The van der Waals surface area contributed by atoms with E-state index in [4.69, 9.17) is 23.2 Å². The third-order valence-corrected chi connectivity index (χ3v) is 5.94. The first-order valence-electron chi connectivity index (χ1n) is 9.01. The number of rotatable bonds is 4. The highest BCUT2D eigenvalue weighted by Crippen LogP contribution is 2.42. The molecular formula is C21H17Cl2F2NO2. The number of fused-ring (bicyclic) bond motifs is 3. The highest BCUT2D eigenvalue weighted by atomic mass is 35.5. The molecule has 0 radical (unpaired) electrons. The third-order valence-electron chi connectivity index (χ3n) is 5.35. The number of nitrogens with zero attached hydrogens (tertiary/aromatic N) is 1. The highest BCUT2D eigenvalue weighted by Gasteiger charge is 2.30. The SMILES string of the molecule is O=C(O)CC1CCCc2c1n(Cc1ccc(Cl)cc1Cl)c1c(F)cc(F)cc21. The zero-order valence-electron chi connectivity index (χ0n) is 14.8. The zero-order valence-corrected chi connectivity index (χ0v) is 16.3. The fourth-order valence-corrected chi connectivity index (χ4v) is 4.75. The lowest BCUT2D eigenvalue weighted by Gasteiger charge is -2.25. The zero-order chi connectivity index (χ0) is 20.0. The second kappa shape index (κ2) is 7.37. The van der Waals surface area contributed by atoms with Crippen molar-refractivity contribution in [2.45, 2.75) is 38.1 Å². The van der Waals surface area contributed by atoms with Crippen LogP contribution in [-0.4, -0.2) is 15.6 Å². The fourth-order valence-electron chi connectivity index (χ4n) is 4.28. The molecule has 4 rings (SSSR count). The molecule has 1 aromatic heterocycles. The molecule has 0 saturated heterocycles. The first-order chi connectivity index (χ1) is 13.3. The van der Waals surface area contributed by atoms with Crippen molar-refractivity contribution in [3.05, 3.63) is 68.8 Å². The van der Waals surface area contributed by atoms with Gasteiger partial charge in [-0.25, -0.2) is 8.78 Å². The lowest BCUT2D eigenvalue weighted by Crippen LogP contribution is -2.18. The molecule has 146 valence electrons. The van der Waals surface area contributed by atoms with Gasteiger partial charge in [-0.2, -0.15) is 0 Å². The van der Waals surface area contributed by atoms with Crippen LogP contribution in [0.25, 0.3) is 10.9 Å². The molecule has 28 heavy (non-hydrogen) atoms. The van der Waals surface area contributed by atoms with E-state index < -0.39 is 17.6 Å². The van der Waals surface area contributed by atoms with E-state index >= 15 is 0 Å². The number of aryl methyl sites for hydroxylation is 1. The molecule has 2 aromatic carbocycles. The smallest absolute Gasteiger partial charge is 0.304 e. The summed E-state index contributed by atoms with van der Waals surface area (Å²) in [4.78, 5) is 11.4. The summed E-state index contributed by atoms with van der Waals surface area (Å²) in [5.74, 6) is -2.48. The molecule has 7 heteroatoms. The molecule has 3 nitrogen and oxygen atoms in total. The molecule has 3 aromatic rings. The maximum atomic E-state index is 14.8. The van der Waals surface area contributed by atoms with Crippen LogP contribution in [-0.2, 0) is 17.8 Å². The lowest BCUT2D eigenvalue weighted by atomic mass is 9.84. The average Bonchev–Trinajstić information content (AvgIpc) is 2.92. The van der Waals surface area contributed by atoms with Crippen molar-refractivity contribution in [2.75, 3.05) is 0 Å². The predicted octanol–water partition coefficient (Wildman–Crippen LogP) is 6.17. The van der Waals surface area contributed by atoms with Gasteiger partial charge in [0.15, 0.2) is 0 Å². The standard InChI is InChI=1S/C21H17Cl2F2NO2/c22-13-5-4-12(17(23)7-13)10-26-20-11(6-19(27)28)2-1-3-15(20)16-8-14(24)9-18(25)21(16)26/h4-5,7-9,11H,1-3,6,10H2,(H,27,28). The Bertz CT molecular complexity index is 1090. The number of halogens is 4. The normalized spacial score (nSPS) is 16.4. The maximum absolute atomic E-state index is 14.8. The molecule has 0 aliphatic heterocycles. The minimum absolute atomic E-state index is 0.0538. The van der Waals surface area contributed by atoms with Gasteiger partial charge in [0.05, 0.1) is 11.9 Å². The van der Waals surface area contributed by atoms with Gasteiger partial charge in [-0.3, -0.25) is 4.79 Å². The highest BCUT2D eigenvalue weighted by molar-refractivity contribution is 6.35. The van der Waals surface area contributed by atoms with Crippen molar-refractivity contribution in [3.63, 3.8) is 0 Å². The molecule has 1 atom stereocenters. The summed E-state index contributed by atoms with van der Waals surface area (Å²) in [7, 11) is 0. The number of hydrogen-bond acceptors (Lipinski definition) is 1. The van der Waals surface area contributed by atoms with Crippen LogP contribution >= 0.6 is 23.2 Å². The topological polar surface area (TPSA) is 42.2 Å². The van der Waals surface area contributed by atoms with Gasteiger partial charge in [-0.15, -0.1) is 0 Å². The van der Waals surface area contributed by atoms with E-state index in [1.54, 1.807) is 22.8 Å². The van der Waals surface area contributed by atoms with Crippen LogP contribution in [0.5, 0.6) is 0 Å². The Hall–Kier alpha value is -2.11. The Balaban J connectivity index is 1.96. The minimum Gasteiger partial charge on any atom is -0.481 e. The second-order valence-corrected chi connectivity index (χ2v) is 8.00. The van der Waals surface area contributed by atoms with Gasteiger partial charge < -0.3 is 9.67 Å². The number of carboxylic acids is 1. The minimum atomic E-state index is -0.911. The monoisotopic (exact) mass is 423 g/mol. The van der Waals surface area contributed by atoms with Crippen LogP contribution in [0, 0.1) is 11.6 Å². The molecule has 1 aliphatic rings. The Morgan fingerprint density at radius 1 is 1.21 bits per heavy atom. The van der Waals surface area contributed by atoms with Gasteiger partial charge in [0.1, 0.15) is 11.6 Å². The van der Waals surface area contributed by atoms with E-state index in [1.807, 2.05) is 0 Å². The first kappa shape index (κ1) is 19.2. The number of carbonyl (C=O) groups is 1. The predicted molar refractivity (Wildman–Crippen MR) is 105 cm³/mol. The first-order valence-corrected chi connectivity index (χ1v) is 9.76. The van der Waals surface area contributed by atoms with Crippen molar-refractivity contribution >= 4 is 40.1 Å². The summed E-state index contributed by atoms with van der Waals surface area (Å²) in [6, 6.07) is 7.27. The number of aromatic nitrogens is 1. The quantitative estimate of drug-likeness (QED) is 0.544. The van der Waals surface area contributed by atoms with E-state index in [-0.39, 0.29) is 24.4 Å². The molecule has 0 spiro atoms. The number of aliphatic carboxylic acids is 1. The van der Waals surface area contributed by atoms with Gasteiger partial charge in [0, 0.05) is 39.7 Å². The van der Waals surface area contributed by atoms with Crippen LogP contribution in [0.3, 0.4) is 0 Å². The van der Waals surface area contributed by atoms with Crippen molar-refractivity contribution in [3.8, 4) is 0 Å². The van der Waals surface area contributed by atoms with Crippen molar-refractivity contribution in [1.82, 2.24) is 4.57 Å². The van der Waals surface area contributed by atoms with E-state index in [0.717, 1.165) is 29.3 Å². The molecule has 1 heterocycles. The molecule has 0 bridgehead atoms. The maximum Gasteiger partial charge on any atom is 0.304 e. The fraction of sp³-hybridized carbons (Fsp3) is 0.286. The van der Waals surface area contributed by atoms with Gasteiger partial charge in [0.25, 0.3) is 0 Å². The molecule has 0 fully saturated rings. The molecule has 1 aliphatic carbocycles. The summed E-state index contributed by atoms with van der Waals surface area (Å²) in [5.41, 5.74) is 2.61. The lowest BCUT2D eigenvalue weighted by molar-refractivity contribution is -0.137. The van der Waals surface area contributed by atoms with Crippen molar-refractivity contribution < 1.29 is 18.7 Å². The summed E-state index contributed by atoms with van der Waals surface area (Å²) in [6.45, 7) is 0.251. The average molecular weight is 424 g/mol. The molecule has 0 saturated carbocycles. The molecule has 1 N–H and O–H groups in total. The summed E-state index contributed by atoms with van der Waals surface area (Å²) in [6.07, 6.45) is 2.08. The Kier molecular flexibility index (Phi) is 5.06. The van der Waals surface area contributed by atoms with E-state index in [1.165, 1.54) is 6.07 Å². The van der Waals surface area contributed by atoms with Gasteiger partial charge in [-0.1, -0.05) is 29.3 Å². The van der Waals surface area contributed by atoms with E-state index in [0.29, 0.717) is 28.3 Å². The Morgan fingerprint density at radius 2 is 2.00 bits per heavy atom. The van der Waals surface area contributed by atoms with Crippen LogP contribution in [0.2, 0.25) is 10.0 Å². The van der Waals surface area contributed by atoms with E-state index in [9.17, 15) is 18.7 Å². The Morgan fingerprint density at radius 3 is 2.71 bits per heavy atom. The van der Waals surface area contributed by atoms with Crippen LogP contribution in [0.4, 0.5) is 8.78 Å². The van der Waals surface area contributed by atoms with Crippen molar-refractivity contribution in [1.29, 1.82) is 0 Å². The summed E-state index contributed by atoms with van der Waals surface area (Å²) < 4.78 is 30.5. The van der Waals surface area contributed by atoms with Crippen LogP contribution < -0.4 is 0 Å². The van der Waals surface area contributed by atoms with Gasteiger partial charge in [0.2, 0.25) is 0 Å². The number of hydrogen-bond donors (Lipinski definition) is 1. The second-order valence-electron chi connectivity index (χ2n) is 7.16.